The van der Waals surface area contributed by atoms with Crippen LogP contribution in [0.25, 0.3) is 0 Å². The van der Waals surface area contributed by atoms with Gasteiger partial charge in [0, 0.05) is 39.1 Å². The molecule has 1 aromatic heterocycles. The zero-order valence-corrected chi connectivity index (χ0v) is 16.8. The van der Waals surface area contributed by atoms with Crippen molar-refractivity contribution in [3.63, 3.8) is 0 Å². The van der Waals surface area contributed by atoms with E-state index in [1.807, 2.05) is 25.1 Å². The lowest BCUT2D eigenvalue weighted by Crippen LogP contribution is -2.47. The van der Waals surface area contributed by atoms with Crippen molar-refractivity contribution >= 4 is 17.5 Å². The van der Waals surface area contributed by atoms with Crippen LogP contribution in [0.3, 0.4) is 0 Å². The van der Waals surface area contributed by atoms with Crippen LogP contribution in [0.1, 0.15) is 47.8 Å². The fourth-order valence-corrected chi connectivity index (χ4v) is 4.23. The molecule has 1 fully saturated rings. The first kappa shape index (κ1) is 18.9. The quantitative estimate of drug-likeness (QED) is 0.862. The van der Waals surface area contributed by atoms with Crippen molar-refractivity contribution < 1.29 is 4.79 Å². The van der Waals surface area contributed by atoms with Crippen LogP contribution in [0.5, 0.6) is 0 Å². The molecule has 1 aliphatic carbocycles. The van der Waals surface area contributed by atoms with Crippen LogP contribution in [0.2, 0.25) is 0 Å². The average molecular weight is 380 g/mol. The van der Waals surface area contributed by atoms with Gasteiger partial charge in [-0.05, 0) is 31.4 Å². The minimum Gasteiger partial charge on any atom is -0.370 e. The van der Waals surface area contributed by atoms with Gasteiger partial charge >= 0.3 is 0 Å². The Hall–Kier alpha value is -2.47. The topological polar surface area (TPSA) is 61.4 Å². The standard InChI is InChI=1S/C22H29N5O/c1-3-23-21-20-18(14-17(15-19(20)28)16-8-6-5-7-9-16)24-22(25-21)27-12-10-26(4-2)11-13-27/h5-9,17H,3-4,10-15H2,1-2H3,(H,23,24,25)/t17-/m1/s1. The SMILES string of the molecule is CCNc1nc(N2CCN(CC)CC2)nc2c1C(=O)C[C@H](c1ccccc1)C2. The number of anilines is 2. The molecule has 1 N–H and O–H groups in total. The zero-order valence-electron chi connectivity index (χ0n) is 16.8. The molecule has 1 aromatic carbocycles. The van der Waals surface area contributed by atoms with Crippen molar-refractivity contribution in [1.29, 1.82) is 0 Å². The number of nitrogens with one attached hydrogen (secondary N) is 1. The van der Waals surface area contributed by atoms with Crippen LogP contribution in [0.15, 0.2) is 30.3 Å². The highest BCUT2D eigenvalue weighted by atomic mass is 16.1. The smallest absolute Gasteiger partial charge is 0.227 e. The number of carbonyl (C=O) groups excluding carboxylic acids is 1. The van der Waals surface area contributed by atoms with Crippen LogP contribution < -0.4 is 10.2 Å². The van der Waals surface area contributed by atoms with E-state index in [2.05, 4.69) is 34.2 Å². The summed E-state index contributed by atoms with van der Waals surface area (Å²) in [7, 11) is 0. The number of ketones is 1. The first-order valence-electron chi connectivity index (χ1n) is 10.4. The molecule has 2 aromatic rings. The van der Waals surface area contributed by atoms with E-state index >= 15 is 0 Å². The summed E-state index contributed by atoms with van der Waals surface area (Å²) < 4.78 is 0. The molecule has 0 spiro atoms. The molecule has 0 bridgehead atoms. The average Bonchev–Trinajstić information content (AvgIpc) is 2.74. The highest BCUT2D eigenvalue weighted by Crippen LogP contribution is 2.35. The Kier molecular flexibility index (Phi) is 5.57. The van der Waals surface area contributed by atoms with Gasteiger partial charge in [0.15, 0.2) is 5.78 Å². The lowest BCUT2D eigenvalue weighted by atomic mass is 9.82. The van der Waals surface area contributed by atoms with Crippen LogP contribution in [-0.4, -0.2) is 59.9 Å². The third-order valence-corrected chi connectivity index (χ3v) is 5.84. The number of hydrogen-bond donors (Lipinski definition) is 1. The number of piperazine rings is 1. The second-order valence-electron chi connectivity index (χ2n) is 7.58. The van der Waals surface area contributed by atoms with Crippen LogP contribution in [-0.2, 0) is 6.42 Å². The van der Waals surface area contributed by atoms with Gasteiger partial charge in [0.05, 0.1) is 11.3 Å². The Morgan fingerprint density at radius 2 is 1.79 bits per heavy atom. The van der Waals surface area contributed by atoms with Gasteiger partial charge in [-0.3, -0.25) is 4.79 Å². The van der Waals surface area contributed by atoms with Crippen molar-refractivity contribution in [3.8, 4) is 0 Å². The molecular formula is C22H29N5O. The lowest BCUT2D eigenvalue weighted by molar-refractivity contribution is 0.0963. The van der Waals surface area contributed by atoms with Crippen LogP contribution in [0, 0.1) is 0 Å². The molecule has 148 valence electrons. The molecule has 28 heavy (non-hydrogen) atoms. The number of rotatable bonds is 5. The summed E-state index contributed by atoms with van der Waals surface area (Å²) in [6.07, 6.45) is 1.31. The van der Waals surface area contributed by atoms with Crippen LogP contribution in [0.4, 0.5) is 11.8 Å². The summed E-state index contributed by atoms with van der Waals surface area (Å²) in [6, 6.07) is 10.3. The highest BCUT2D eigenvalue weighted by Gasteiger charge is 2.32. The molecule has 2 heterocycles. The summed E-state index contributed by atoms with van der Waals surface area (Å²) in [6.45, 7) is 9.95. The number of Topliss-reactive ketones (excluding diaryl/α,β-unsaturated/α-hetero) is 1. The van der Waals surface area contributed by atoms with E-state index in [4.69, 9.17) is 9.97 Å². The second-order valence-corrected chi connectivity index (χ2v) is 7.58. The monoisotopic (exact) mass is 379 g/mol. The highest BCUT2D eigenvalue weighted by molar-refractivity contribution is 6.03. The molecule has 4 rings (SSSR count). The maximum atomic E-state index is 13.0. The maximum absolute atomic E-state index is 13.0. The van der Waals surface area contributed by atoms with Gasteiger partial charge in [-0.25, -0.2) is 4.98 Å². The summed E-state index contributed by atoms with van der Waals surface area (Å²) in [5.41, 5.74) is 2.80. The first-order valence-corrected chi connectivity index (χ1v) is 10.4. The van der Waals surface area contributed by atoms with Crippen molar-refractivity contribution in [2.45, 2.75) is 32.6 Å². The number of likely N-dealkylation sites (N-methyl/N-ethyl adjacent to an activating group) is 1. The molecule has 0 unspecified atom stereocenters. The van der Waals surface area contributed by atoms with Gasteiger partial charge in [-0.15, -0.1) is 0 Å². The number of carbonyl (C=O) groups is 1. The van der Waals surface area contributed by atoms with E-state index < -0.39 is 0 Å². The summed E-state index contributed by atoms with van der Waals surface area (Å²) in [5.74, 6) is 1.80. The number of benzene rings is 1. The predicted octanol–water partition coefficient (Wildman–Crippen LogP) is 2.96. The second kappa shape index (κ2) is 8.27. The Morgan fingerprint density at radius 3 is 2.46 bits per heavy atom. The fourth-order valence-electron chi connectivity index (χ4n) is 4.23. The largest absolute Gasteiger partial charge is 0.370 e. The zero-order chi connectivity index (χ0) is 19.5. The number of hydrogen-bond acceptors (Lipinski definition) is 6. The van der Waals surface area contributed by atoms with Crippen molar-refractivity contribution in [2.24, 2.45) is 0 Å². The summed E-state index contributed by atoms with van der Waals surface area (Å²) >= 11 is 0. The Balaban J connectivity index is 1.66. The molecule has 1 saturated heterocycles. The predicted molar refractivity (Wildman–Crippen MR) is 112 cm³/mol. The molecule has 6 heteroatoms. The fraction of sp³-hybridized carbons (Fsp3) is 0.500. The van der Waals surface area contributed by atoms with E-state index in [1.165, 1.54) is 5.56 Å². The molecule has 1 atom stereocenters. The summed E-state index contributed by atoms with van der Waals surface area (Å²) in [4.78, 5) is 27.3. The molecule has 0 radical (unpaired) electrons. The molecule has 1 aliphatic heterocycles. The van der Waals surface area contributed by atoms with Crippen molar-refractivity contribution in [1.82, 2.24) is 14.9 Å². The molecule has 0 amide bonds. The van der Waals surface area contributed by atoms with Crippen molar-refractivity contribution in [3.05, 3.63) is 47.2 Å². The Labute approximate surface area is 167 Å². The molecular weight excluding hydrogens is 350 g/mol. The maximum Gasteiger partial charge on any atom is 0.227 e. The van der Waals surface area contributed by atoms with Crippen LogP contribution >= 0.6 is 0 Å². The lowest BCUT2D eigenvalue weighted by Gasteiger charge is -2.35. The van der Waals surface area contributed by atoms with Gasteiger partial charge in [0.25, 0.3) is 0 Å². The third kappa shape index (κ3) is 3.74. The number of fused-ring (bicyclic) bond motifs is 1. The van der Waals surface area contributed by atoms with E-state index in [-0.39, 0.29) is 11.7 Å². The summed E-state index contributed by atoms with van der Waals surface area (Å²) in [5, 5.41) is 3.31. The number of nitrogens with zero attached hydrogens (tertiary/aromatic N) is 4. The van der Waals surface area contributed by atoms with E-state index in [0.717, 1.165) is 57.3 Å². The Bertz CT molecular complexity index is 830. The minimum atomic E-state index is 0.147. The van der Waals surface area contributed by atoms with Gasteiger partial charge < -0.3 is 15.1 Å². The van der Waals surface area contributed by atoms with Gasteiger partial charge in [0.1, 0.15) is 5.82 Å². The first-order chi connectivity index (χ1) is 13.7. The normalized spacial score (nSPS) is 20.1. The molecule has 6 nitrogen and oxygen atoms in total. The van der Waals surface area contributed by atoms with E-state index in [9.17, 15) is 4.79 Å². The van der Waals surface area contributed by atoms with Gasteiger partial charge in [0.2, 0.25) is 5.95 Å². The van der Waals surface area contributed by atoms with E-state index in [1.54, 1.807) is 0 Å². The van der Waals surface area contributed by atoms with E-state index in [0.29, 0.717) is 17.8 Å². The van der Waals surface area contributed by atoms with Gasteiger partial charge in [-0.2, -0.15) is 4.98 Å². The third-order valence-electron chi connectivity index (χ3n) is 5.84. The number of aromatic nitrogens is 2. The molecule has 0 saturated carbocycles. The van der Waals surface area contributed by atoms with Crippen molar-refractivity contribution in [2.75, 3.05) is 49.5 Å². The Morgan fingerprint density at radius 1 is 1.04 bits per heavy atom. The van der Waals surface area contributed by atoms with Gasteiger partial charge in [-0.1, -0.05) is 37.3 Å². The molecule has 2 aliphatic rings. The minimum absolute atomic E-state index is 0.147.